The zero-order valence-electron chi connectivity index (χ0n) is 8.01. The number of anilines is 2. The maximum absolute atomic E-state index is 10.9. The van der Waals surface area contributed by atoms with Gasteiger partial charge in [0.05, 0.1) is 5.69 Å². The number of nitrogen functional groups attached to an aromatic ring is 1. The molecular weight excluding hydrogens is 220 g/mol. The van der Waals surface area contributed by atoms with Gasteiger partial charge in [-0.25, -0.2) is 0 Å². The van der Waals surface area contributed by atoms with E-state index in [0.717, 1.165) is 6.07 Å². The first-order valence-electron chi connectivity index (χ1n) is 4.12. The Morgan fingerprint density at radius 1 is 1.47 bits per heavy atom. The molecule has 1 aromatic rings. The highest BCUT2D eigenvalue weighted by molar-refractivity contribution is 7.86. The first-order chi connectivity index (χ1) is 6.80. The third-order valence-corrected chi connectivity index (χ3v) is 2.56. The fourth-order valence-electron chi connectivity index (χ4n) is 1.11. The fourth-order valence-corrected chi connectivity index (χ4v) is 1.75. The van der Waals surface area contributed by atoms with Crippen LogP contribution in [-0.4, -0.2) is 24.3 Å². The lowest BCUT2D eigenvalue weighted by atomic mass is 10.3. The Morgan fingerprint density at radius 2 is 2.07 bits per heavy atom. The van der Waals surface area contributed by atoms with Gasteiger partial charge in [0.1, 0.15) is 11.1 Å². The summed E-state index contributed by atoms with van der Waals surface area (Å²) in [6.45, 7) is 1.41. The molecule has 1 aromatic carbocycles. The highest BCUT2D eigenvalue weighted by Crippen LogP contribution is 2.24. The minimum absolute atomic E-state index is 0.0625. The van der Waals surface area contributed by atoms with Gasteiger partial charge in [-0.15, -0.1) is 0 Å². The van der Waals surface area contributed by atoms with E-state index in [1.807, 2.05) is 0 Å². The van der Waals surface area contributed by atoms with Crippen LogP contribution in [0, 0.1) is 0 Å². The van der Waals surface area contributed by atoms with Crippen LogP contribution in [0.1, 0.15) is 6.92 Å². The molecule has 0 fully saturated rings. The van der Waals surface area contributed by atoms with E-state index in [2.05, 4.69) is 5.32 Å². The van der Waals surface area contributed by atoms with E-state index >= 15 is 0 Å². The van der Waals surface area contributed by atoms with Gasteiger partial charge in [-0.3, -0.25) is 4.55 Å². The van der Waals surface area contributed by atoms with E-state index in [1.54, 1.807) is 0 Å². The van der Waals surface area contributed by atoms with Gasteiger partial charge in [0.15, 0.2) is 0 Å². The summed E-state index contributed by atoms with van der Waals surface area (Å²) in [5, 5.41) is 11.5. The van der Waals surface area contributed by atoms with Crippen molar-refractivity contribution in [3.8, 4) is 0 Å². The molecule has 15 heavy (non-hydrogen) atoms. The molecule has 0 aliphatic heterocycles. The first kappa shape index (κ1) is 11.8. The van der Waals surface area contributed by atoms with Crippen molar-refractivity contribution in [2.45, 2.75) is 18.0 Å². The van der Waals surface area contributed by atoms with Crippen LogP contribution in [0.3, 0.4) is 0 Å². The number of aliphatic hydroxyl groups excluding tert-OH is 1. The topological polar surface area (TPSA) is 113 Å². The number of nitrogens with one attached hydrogen (secondary N) is 1. The normalized spacial score (nSPS) is 13.5. The minimum atomic E-state index is -4.33. The molecule has 0 bridgehead atoms. The predicted octanol–water partition coefficient (Wildman–Crippen LogP) is 0.266. The Hall–Kier alpha value is -1.31. The van der Waals surface area contributed by atoms with Crippen LogP contribution in [0.4, 0.5) is 11.4 Å². The fraction of sp³-hybridized carbons (Fsp3) is 0.250. The summed E-state index contributed by atoms with van der Waals surface area (Å²) in [4.78, 5) is -0.322. The Bertz CT molecular complexity index is 456. The third-order valence-electron chi connectivity index (χ3n) is 1.65. The number of hydrogen-bond acceptors (Lipinski definition) is 5. The summed E-state index contributed by atoms with van der Waals surface area (Å²) in [6.07, 6.45) is -0.952. The van der Waals surface area contributed by atoms with Crippen LogP contribution in [0.15, 0.2) is 23.1 Å². The Labute approximate surface area is 87.5 Å². The molecule has 7 heteroatoms. The Kier molecular flexibility index (Phi) is 3.18. The Morgan fingerprint density at radius 3 is 2.53 bits per heavy atom. The summed E-state index contributed by atoms with van der Waals surface area (Å²) in [5.74, 6) is 0. The summed E-state index contributed by atoms with van der Waals surface area (Å²) in [5.41, 5.74) is 5.84. The molecule has 1 atom stereocenters. The number of nitrogens with two attached hydrogens (primary N) is 1. The van der Waals surface area contributed by atoms with Gasteiger partial charge in [-0.1, -0.05) is 0 Å². The number of rotatable bonds is 3. The van der Waals surface area contributed by atoms with Gasteiger partial charge in [0.25, 0.3) is 10.1 Å². The average Bonchev–Trinajstić information content (AvgIpc) is 1.99. The second-order valence-electron chi connectivity index (χ2n) is 3.05. The number of aliphatic hydroxyl groups is 1. The molecule has 0 aliphatic carbocycles. The Balaban J connectivity index is 3.27. The standard InChI is InChI=1S/C8H12N2O4S/c1-5(11)10-7-4-6(9)2-3-8(7)15(12,13)14/h2-5,10-11H,9H2,1H3,(H,12,13,14). The highest BCUT2D eigenvalue weighted by atomic mass is 32.2. The maximum Gasteiger partial charge on any atom is 0.296 e. The van der Waals surface area contributed by atoms with E-state index in [9.17, 15) is 8.42 Å². The molecule has 0 radical (unpaired) electrons. The monoisotopic (exact) mass is 232 g/mol. The summed E-state index contributed by atoms with van der Waals surface area (Å²) < 4.78 is 30.8. The molecule has 0 aromatic heterocycles. The predicted molar refractivity (Wildman–Crippen MR) is 56.0 cm³/mol. The lowest BCUT2D eigenvalue weighted by Crippen LogP contribution is -2.16. The molecule has 0 saturated heterocycles. The largest absolute Gasteiger partial charge is 0.399 e. The first-order valence-corrected chi connectivity index (χ1v) is 5.56. The third kappa shape index (κ3) is 3.08. The summed E-state index contributed by atoms with van der Waals surface area (Å²) in [6, 6.07) is 3.82. The summed E-state index contributed by atoms with van der Waals surface area (Å²) in [7, 11) is -4.33. The van der Waals surface area contributed by atoms with Crippen LogP contribution < -0.4 is 11.1 Å². The smallest absolute Gasteiger partial charge is 0.296 e. The van der Waals surface area contributed by atoms with Crippen molar-refractivity contribution >= 4 is 21.5 Å². The second-order valence-corrected chi connectivity index (χ2v) is 4.44. The van der Waals surface area contributed by atoms with Gasteiger partial charge >= 0.3 is 0 Å². The molecule has 0 saturated carbocycles. The number of hydrogen-bond donors (Lipinski definition) is 4. The van der Waals surface area contributed by atoms with Crippen molar-refractivity contribution < 1.29 is 18.1 Å². The van der Waals surface area contributed by atoms with Gasteiger partial charge < -0.3 is 16.2 Å². The maximum atomic E-state index is 10.9. The molecule has 0 spiro atoms. The average molecular weight is 232 g/mol. The van der Waals surface area contributed by atoms with Gasteiger partial charge in [0.2, 0.25) is 0 Å². The lowest BCUT2D eigenvalue weighted by molar-refractivity contribution is 0.224. The quantitative estimate of drug-likeness (QED) is 0.338. The van der Waals surface area contributed by atoms with Crippen molar-refractivity contribution in [1.29, 1.82) is 0 Å². The van der Waals surface area contributed by atoms with Crippen LogP contribution in [0.25, 0.3) is 0 Å². The highest BCUT2D eigenvalue weighted by Gasteiger charge is 2.16. The van der Waals surface area contributed by atoms with E-state index < -0.39 is 16.3 Å². The van der Waals surface area contributed by atoms with Gasteiger partial charge in [0, 0.05) is 5.69 Å². The van der Waals surface area contributed by atoms with Crippen molar-refractivity contribution in [3.63, 3.8) is 0 Å². The molecular formula is C8H12N2O4S. The van der Waals surface area contributed by atoms with Crippen molar-refractivity contribution in [1.82, 2.24) is 0 Å². The lowest BCUT2D eigenvalue weighted by Gasteiger charge is -2.12. The van der Waals surface area contributed by atoms with E-state index in [0.29, 0.717) is 5.69 Å². The van der Waals surface area contributed by atoms with Gasteiger partial charge in [-0.2, -0.15) is 8.42 Å². The van der Waals surface area contributed by atoms with Crippen LogP contribution in [-0.2, 0) is 10.1 Å². The second kappa shape index (κ2) is 4.05. The van der Waals surface area contributed by atoms with E-state index in [4.69, 9.17) is 15.4 Å². The van der Waals surface area contributed by atoms with E-state index in [-0.39, 0.29) is 10.6 Å². The zero-order chi connectivity index (χ0) is 11.6. The minimum Gasteiger partial charge on any atom is -0.399 e. The molecule has 1 unspecified atom stereocenters. The number of benzene rings is 1. The molecule has 0 aliphatic rings. The van der Waals surface area contributed by atoms with Crippen LogP contribution in [0.5, 0.6) is 0 Å². The molecule has 6 nitrogen and oxygen atoms in total. The van der Waals surface area contributed by atoms with Gasteiger partial charge in [-0.05, 0) is 25.1 Å². The SMILES string of the molecule is CC(O)Nc1cc(N)ccc1S(=O)(=O)O. The van der Waals surface area contributed by atoms with Crippen LogP contribution in [0.2, 0.25) is 0 Å². The molecule has 84 valence electrons. The van der Waals surface area contributed by atoms with E-state index in [1.165, 1.54) is 19.1 Å². The molecule has 1 rings (SSSR count). The molecule has 0 amide bonds. The zero-order valence-corrected chi connectivity index (χ0v) is 8.82. The van der Waals surface area contributed by atoms with Crippen molar-refractivity contribution in [3.05, 3.63) is 18.2 Å². The van der Waals surface area contributed by atoms with Crippen molar-refractivity contribution in [2.75, 3.05) is 11.1 Å². The van der Waals surface area contributed by atoms with Crippen LogP contribution >= 0.6 is 0 Å². The molecule has 0 heterocycles. The summed E-state index contributed by atoms with van der Waals surface area (Å²) >= 11 is 0. The molecule has 5 N–H and O–H groups in total. The van der Waals surface area contributed by atoms with Crippen molar-refractivity contribution in [2.24, 2.45) is 0 Å².